The lowest BCUT2D eigenvalue weighted by atomic mass is 9.97. The number of imidazole rings is 1. The van der Waals surface area contributed by atoms with Crippen molar-refractivity contribution in [2.75, 3.05) is 30.7 Å². The van der Waals surface area contributed by atoms with Crippen LogP contribution >= 0.6 is 0 Å². The van der Waals surface area contributed by atoms with Gasteiger partial charge in [0.15, 0.2) is 6.29 Å². The Morgan fingerprint density at radius 3 is 2.28 bits per heavy atom. The molecule has 2 fully saturated rings. The van der Waals surface area contributed by atoms with Crippen LogP contribution in [0.1, 0.15) is 85.6 Å². The van der Waals surface area contributed by atoms with Gasteiger partial charge in [-0.3, -0.25) is 14.2 Å². The summed E-state index contributed by atoms with van der Waals surface area (Å²) >= 11 is 0. The summed E-state index contributed by atoms with van der Waals surface area (Å²) in [5.74, 6) is -0.181. The quantitative estimate of drug-likeness (QED) is 0.0518. The van der Waals surface area contributed by atoms with Crippen molar-refractivity contribution in [3.8, 4) is 11.1 Å². The molecule has 0 aliphatic carbocycles. The number of aromatic nitrogens is 2. The minimum atomic E-state index is -0.603. The first-order chi connectivity index (χ1) is 29.8. The number of nitrogens with one attached hydrogen (secondary N) is 3. The lowest BCUT2D eigenvalue weighted by molar-refractivity contribution is -0.253. The summed E-state index contributed by atoms with van der Waals surface area (Å²) in [6, 6.07) is 39.5. The first kappa shape index (κ1) is 41.7. The highest BCUT2D eigenvalue weighted by atomic mass is 16.7. The number of H-pyrrole nitrogens is 1. The molecule has 12 nitrogen and oxygen atoms in total. The normalized spacial score (nSPS) is 18.5. The van der Waals surface area contributed by atoms with Crippen molar-refractivity contribution in [3.05, 3.63) is 154 Å². The number of fused-ring (bicyclic) bond motifs is 1. The highest BCUT2D eigenvalue weighted by Gasteiger charge is 2.34. The van der Waals surface area contributed by atoms with Gasteiger partial charge < -0.3 is 40.8 Å². The van der Waals surface area contributed by atoms with Crippen LogP contribution in [0.25, 0.3) is 22.2 Å². The van der Waals surface area contributed by atoms with Gasteiger partial charge in [0.05, 0.1) is 41.2 Å². The maximum Gasteiger partial charge on any atom is 0.326 e. The molecule has 2 aliphatic heterocycles. The Bertz CT molecular complexity index is 2490. The molecule has 6 aromatic rings. The third-order valence-electron chi connectivity index (χ3n) is 11.8. The van der Waals surface area contributed by atoms with Crippen LogP contribution in [0.2, 0.25) is 0 Å². The number of ether oxygens (including phenoxy) is 2. The fraction of sp³-hybridized carbons (Fsp3) is 0.327. The average Bonchev–Trinajstić information content (AvgIpc) is 3.63. The molecular weight excluding hydrogens is 769 g/mol. The minimum Gasteiger partial charge on any atom is -0.397 e. The molecule has 0 saturated carbocycles. The van der Waals surface area contributed by atoms with E-state index in [4.69, 9.17) is 15.2 Å². The molecule has 2 saturated heterocycles. The summed E-state index contributed by atoms with van der Waals surface area (Å²) < 4.78 is 15.4. The maximum atomic E-state index is 12.9. The number of unbranched alkanes of at least 4 members (excludes halogenated alkanes) is 1. The summed E-state index contributed by atoms with van der Waals surface area (Å²) in [4.78, 5) is 43.4. The number of benzene rings is 5. The van der Waals surface area contributed by atoms with Crippen LogP contribution in [0.15, 0.2) is 126 Å². The maximum absolute atomic E-state index is 12.9. The number of aliphatic hydroxyl groups excluding tert-OH is 1. The van der Waals surface area contributed by atoms with E-state index in [9.17, 15) is 19.5 Å². The van der Waals surface area contributed by atoms with Gasteiger partial charge in [-0.15, -0.1) is 0 Å². The van der Waals surface area contributed by atoms with Crippen molar-refractivity contribution in [2.45, 2.75) is 82.6 Å². The molecule has 0 radical (unpaired) electrons. The molecule has 2 aliphatic rings. The largest absolute Gasteiger partial charge is 0.397 e. The molecular formula is C49H54N6O6. The van der Waals surface area contributed by atoms with Gasteiger partial charge in [0.25, 0.3) is 0 Å². The number of carbonyl (C=O) groups excluding carboxylic acids is 2. The Kier molecular flexibility index (Phi) is 13.4. The van der Waals surface area contributed by atoms with E-state index in [1.165, 1.54) is 0 Å². The molecule has 3 heterocycles. The lowest BCUT2D eigenvalue weighted by Gasteiger charge is -2.40. The number of aliphatic hydroxyl groups is 1. The van der Waals surface area contributed by atoms with Crippen LogP contribution in [0.5, 0.6) is 0 Å². The van der Waals surface area contributed by atoms with E-state index in [2.05, 4.69) is 44.8 Å². The number of para-hydroxylation sites is 4. The number of rotatable bonds is 15. The smallest absolute Gasteiger partial charge is 0.326 e. The Hall–Kier alpha value is -6.05. The molecule has 1 aromatic heterocycles. The van der Waals surface area contributed by atoms with Crippen molar-refractivity contribution >= 4 is 34.2 Å². The molecule has 316 valence electrons. The molecule has 8 rings (SSSR count). The van der Waals surface area contributed by atoms with Crippen LogP contribution < -0.4 is 22.1 Å². The number of piperidine rings is 1. The topological polar surface area (TPSA) is 164 Å². The average molecular weight is 823 g/mol. The Morgan fingerprint density at radius 2 is 1.49 bits per heavy atom. The second-order valence-electron chi connectivity index (χ2n) is 16.1. The van der Waals surface area contributed by atoms with Crippen LogP contribution in [0.4, 0.5) is 11.4 Å². The number of nitrogens with zero attached hydrogens (tertiary/aromatic N) is 2. The Morgan fingerprint density at radius 1 is 0.770 bits per heavy atom. The molecule has 3 unspecified atom stereocenters. The van der Waals surface area contributed by atoms with Gasteiger partial charge in [0, 0.05) is 57.0 Å². The zero-order chi connectivity index (χ0) is 42.1. The van der Waals surface area contributed by atoms with Crippen molar-refractivity contribution in [3.63, 3.8) is 0 Å². The van der Waals surface area contributed by atoms with E-state index >= 15 is 0 Å². The molecule has 61 heavy (non-hydrogen) atoms. The van der Waals surface area contributed by atoms with Gasteiger partial charge in [-0.25, -0.2) is 4.79 Å². The predicted octanol–water partition coefficient (Wildman–Crippen LogP) is 7.77. The standard InChI is InChI=1S/C49H54N6O6/c50-41-13-1-2-14-42(41)52-47(58)18-6-5-17-46(57)51-30-34-9-7-10-36(27-34)37-11-8-12-38(28-37)48-60-40(29-45(61-48)35-21-19-33(32-56)20-22-35)31-54-25-23-39(24-26-54)55-44-16-4-3-15-43(44)53-49(55)59/h1-4,7-16,19-22,27-28,39-40,45,48,56H,5-6,17-18,23-26,29-32,50H2,(H,51,57)(H,52,58)(H,53,59). The number of hydrogen-bond acceptors (Lipinski definition) is 8. The van der Waals surface area contributed by atoms with E-state index in [1.54, 1.807) is 12.1 Å². The van der Waals surface area contributed by atoms with Crippen LogP contribution in [0, 0.1) is 0 Å². The van der Waals surface area contributed by atoms with Crippen molar-refractivity contribution in [1.29, 1.82) is 0 Å². The number of aromatic amines is 1. The Labute approximate surface area is 355 Å². The van der Waals surface area contributed by atoms with Gasteiger partial charge >= 0.3 is 5.69 Å². The van der Waals surface area contributed by atoms with Gasteiger partial charge in [0.1, 0.15) is 0 Å². The van der Waals surface area contributed by atoms with Gasteiger partial charge in [-0.05, 0) is 89.9 Å². The number of hydrogen-bond donors (Lipinski definition) is 5. The second kappa shape index (κ2) is 19.6. The Balaban J connectivity index is 0.884. The number of nitrogens with two attached hydrogens (primary N) is 1. The number of anilines is 2. The summed E-state index contributed by atoms with van der Waals surface area (Å²) in [6.07, 6.45) is 3.36. The van der Waals surface area contributed by atoms with Gasteiger partial charge in [-0.2, -0.15) is 0 Å². The molecule has 5 aromatic carbocycles. The minimum absolute atomic E-state index is 0.0187. The van der Waals surface area contributed by atoms with E-state index in [-0.39, 0.29) is 42.4 Å². The zero-order valence-corrected chi connectivity index (χ0v) is 34.3. The molecule has 3 atom stereocenters. The fourth-order valence-corrected chi connectivity index (χ4v) is 8.53. The monoisotopic (exact) mass is 822 g/mol. The highest BCUT2D eigenvalue weighted by molar-refractivity contribution is 5.93. The third kappa shape index (κ3) is 10.5. The summed E-state index contributed by atoms with van der Waals surface area (Å²) in [6.45, 7) is 2.83. The van der Waals surface area contributed by atoms with Crippen molar-refractivity contribution < 1.29 is 24.2 Å². The SMILES string of the molecule is Nc1ccccc1NC(=O)CCCCC(=O)NCc1cccc(-c2cccc(C3OC(CN4CCC(n5c(=O)[nH]c6ccccc65)CC4)CC(c4ccc(CO)cc4)O3)c2)c1. The van der Waals surface area contributed by atoms with Crippen molar-refractivity contribution in [2.24, 2.45) is 0 Å². The lowest BCUT2D eigenvalue weighted by Crippen LogP contribution is -2.43. The number of likely N-dealkylation sites (tertiary alicyclic amines) is 1. The van der Waals surface area contributed by atoms with Gasteiger partial charge in [0.2, 0.25) is 11.8 Å². The first-order valence-electron chi connectivity index (χ1n) is 21.3. The van der Waals surface area contributed by atoms with E-state index in [1.807, 2.05) is 89.5 Å². The van der Waals surface area contributed by atoms with E-state index in [0.29, 0.717) is 50.0 Å². The zero-order valence-electron chi connectivity index (χ0n) is 34.3. The fourth-order valence-electron chi connectivity index (χ4n) is 8.53. The predicted molar refractivity (Wildman–Crippen MR) is 237 cm³/mol. The third-order valence-corrected chi connectivity index (χ3v) is 11.8. The highest BCUT2D eigenvalue weighted by Crippen LogP contribution is 2.39. The van der Waals surface area contributed by atoms with Crippen molar-refractivity contribution in [1.82, 2.24) is 19.8 Å². The molecule has 6 N–H and O–H groups in total. The molecule has 2 amide bonds. The van der Waals surface area contributed by atoms with Crippen LogP contribution in [-0.2, 0) is 32.2 Å². The molecule has 12 heteroatoms. The van der Waals surface area contributed by atoms with Crippen LogP contribution in [0.3, 0.4) is 0 Å². The van der Waals surface area contributed by atoms with Crippen LogP contribution in [-0.4, -0.2) is 57.1 Å². The molecule has 0 bridgehead atoms. The first-order valence-corrected chi connectivity index (χ1v) is 21.3. The van der Waals surface area contributed by atoms with Gasteiger partial charge in [-0.1, -0.05) is 84.9 Å². The van der Waals surface area contributed by atoms with E-state index < -0.39 is 6.29 Å². The second-order valence-corrected chi connectivity index (χ2v) is 16.1. The summed E-state index contributed by atoms with van der Waals surface area (Å²) in [5, 5.41) is 15.5. The molecule has 0 spiro atoms. The number of amides is 2. The summed E-state index contributed by atoms with van der Waals surface area (Å²) in [7, 11) is 0. The number of nitrogen functional groups attached to an aromatic ring is 1. The summed E-state index contributed by atoms with van der Waals surface area (Å²) in [5.41, 5.74) is 14.6. The van der Waals surface area contributed by atoms with E-state index in [0.717, 1.165) is 76.9 Å². The number of carbonyl (C=O) groups is 2.